The molecule has 18 heavy (non-hydrogen) atoms. The van der Waals surface area contributed by atoms with Gasteiger partial charge in [0.2, 0.25) is 0 Å². The molecule has 0 bridgehead atoms. The molecule has 1 unspecified atom stereocenters. The maximum Gasteiger partial charge on any atom is 0.261 e. The van der Waals surface area contributed by atoms with Crippen LogP contribution in [0.15, 0.2) is 47.8 Å². The predicted molar refractivity (Wildman–Crippen MR) is 75.8 cm³/mol. The van der Waals surface area contributed by atoms with E-state index in [1.54, 1.807) is 0 Å². The first-order chi connectivity index (χ1) is 8.68. The second kappa shape index (κ2) is 5.83. The summed E-state index contributed by atoms with van der Waals surface area (Å²) in [5.41, 5.74) is 1.15. The number of nitrogens with one attached hydrogen (secondary N) is 1. The van der Waals surface area contributed by atoms with Crippen molar-refractivity contribution >= 4 is 17.2 Å². The molecule has 3 heteroatoms. The van der Waals surface area contributed by atoms with E-state index in [2.05, 4.69) is 31.3 Å². The second-order valence-corrected chi connectivity index (χ2v) is 5.53. The summed E-state index contributed by atoms with van der Waals surface area (Å²) in [5, 5.41) is 5.03. The van der Waals surface area contributed by atoms with Crippen LogP contribution in [0.4, 0.5) is 0 Å². The van der Waals surface area contributed by atoms with Gasteiger partial charge in [-0.05, 0) is 22.9 Å². The van der Waals surface area contributed by atoms with Crippen LogP contribution in [0.5, 0.6) is 0 Å². The Balaban J connectivity index is 2.15. The molecule has 0 aliphatic rings. The van der Waals surface area contributed by atoms with Crippen LogP contribution in [-0.2, 0) is 0 Å². The molecule has 1 heterocycles. The lowest BCUT2D eigenvalue weighted by Crippen LogP contribution is -2.31. The van der Waals surface area contributed by atoms with Gasteiger partial charge in [-0.1, -0.05) is 50.2 Å². The van der Waals surface area contributed by atoms with Crippen LogP contribution < -0.4 is 5.32 Å². The summed E-state index contributed by atoms with van der Waals surface area (Å²) in [6.45, 7) is 4.23. The van der Waals surface area contributed by atoms with E-state index in [0.29, 0.717) is 5.92 Å². The van der Waals surface area contributed by atoms with Crippen LogP contribution in [0, 0.1) is 5.92 Å². The summed E-state index contributed by atoms with van der Waals surface area (Å²) in [6, 6.07) is 13.9. The highest BCUT2D eigenvalue weighted by atomic mass is 32.1. The molecule has 94 valence electrons. The van der Waals surface area contributed by atoms with Crippen LogP contribution >= 0.6 is 11.3 Å². The van der Waals surface area contributed by atoms with Crippen molar-refractivity contribution in [1.82, 2.24) is 5.32 Å². The number of thiophene rings is 1. The highest BCUT2D eigenvalue weighted by molar-refractivity contribution is 7.12. The van der Waals surface area contributed by atoms with Gasteiger partial charge in [0.25, 0.3) is 5.91 Å². The van der Waals surface area contributed by atoms with E-state index in [1.165, 1.54) is 11.3 Å². The van der Waals surface area contributed by atoms with Gasteiger partial charge in [-0.25, -0.2) is 0 Å². The number of amides is 1. The lowest BCUT2D eigenvalue weighted by Gasteiger charge is -2.22. The van der Waals surface area contributed by atoms with E-state index in [-0.39, 0.29) is 11.9 Å². The normalized spacial score (nSPS) is 12.4. The molecule has 0 saturated heterocycles. The molecule has 1 atom stereocenters. The monoisotopic (exact) mass is 259 g/mol. The minimum absolute atomic E-state index is 0.00699. The van der Waals surface area contributed by atoms with Gasteiger partial charge >= 0.3 is 0 Å². The topological polar surface area (TPSA) is 29.1 Å². The molecule has 0 aliphatic heterocycles. The van der Waals surface area contributed by atoms with Crippen molar-refractivity contribution in [1.29, 1.82) is 0 Å². The molecular formula is C15H17NOS. The van der Waals surface area contributed by atoms with Crippen LogP contribution in [0.3, 0.4) is 0 Å². The van der Waals surface area contributed by atoms with E-state index in [4.69, 9.17) is 0 Å². The third-order valence-corrected chi connectivity index (χ3v) is 3.73. The molecule has 1 N–H and O–H groups in total. The maximum atomic E-state index is 12.1. The Kier molecular flexibility index (Phi) is 4.15. The van der Waals surface area contributed by atoms with Crippen molar-refractivity contribution in [2.75, 3.05) is 0 Å². The first kappa shape index (κ1) is 12.8. The van der Waals surface area contributed by atoms with E-state index in [0.717, 1.165) is 10.4 Å². The average molecular weight is 259 g/mol. The molecule has 0 aliphatic carbocycles. The van der Waals surface area contributed by atoms with Crippen LogP contribution in [0.25, 0.3) is 0 Å². The quantitative estimate of drug-likeness (QED) is 0.887. The Morgan fingerprint density at radius 3 is 2.39 bits per heavy atom. The minimum atomic E-state index is 0.00699. The number of hydrogen-bond donors (Lipinski definition) is 1. The molecule has 2 nitrogen and oxygen atoms in total. The van der Waals surface area contributed by atoms with Crippen molar-refractivity contribution in [3.8, 4) is 0 Å². The van der Waals surface area contributed by atoms with Gasteiger partial charge in [-0.2, -0.15) is 0 Å². The Labute approximate surface area is 112 Å². The van der Waals surface area contributed by atoms with Crippen molar-refractivity contribution in [2.45, 2.75) is 19.9 Å². The predicted octanol–water partition coefficient (Wildman–Crippen LogP) is 3.88. The fraction of sp³-hybridized carbons (Fsp3) is 0.267. The van der Waals surface area contributed by atoms with Crippen LogP contribution in [-0.4, -0.2) is 5.91 Å². The fourth-order valence-corrected chi connectivity index (χ4v) is 2.54. The molecule has 0 radical (unpaired) electrons. The van der Waals surface area contributed by atoms with Crippen molar-refractivity contribution < 1.29 is 4.79 Å². The highest BCUT2D eigenvalue weighted by Gasteiger charge is 2.19. The van der Waals surface area contributed by atoms with E-state index >= 15 is 0 Å². The number of benzene rings is 1. The first-order valence-corrected chi connectivity index (χ1v) is 6.96. The zero-order valence-electron chi connectivity index (χ0n) is 10.6. The summed E-state index contributed by atoms with van der Waals surface area (Å²) in [6.07, 6.45) is 0. The first-order valence-electron chi connectivity index (χ1n) is 6.08. The number of carbonyl (C=O) groups excluding carboxylic acids is 1. The van der Waals surface area contributed by atoms with Crippen molar-refractivity contribution in [3.05, 3.63) is 58.3 Å². The van der Waals surface area contributed by atoms with Crippen LogP contribution in [0.2, 0.25) is 0 Å². The summed E-state index contributed by atoms with van der Waals surface area (Å²) >= 11 is 1.47. The number of rotatable bonds is 4. The van der Waals surface area contributed by atoms with E-state index in [1.807, 2.05) is 35.7 Å². The van der Waals surface area contributed by atoms with Gasteiger partial charge in [0.1, 0.15) is 0 Å². The standard InChI is InChI=1S/C15H17NOS/c1-11(2)14(12-7-4-3-5-8-12)16-15(17)13-9-6-10-18-13/h3-11,14H,1-2H3,(H,16,17). The maximum absolute atomic E-state index is 12.1. The van der Waals surface area contributed by atoms with E-state index in [9.17, 15) is 4.79 Å². The lowest BCUT2D eigenvalue weighted by atomic mass is 9.96. The number of carbonyl (C=O) groups is 1. The van der Waals surface area contributed by atoms with Crippen LogP contribution in [0.1, 0.15) is 35.1 Å². The Hall–Kier alpha value is -1.61. The van der Waals surface area contributed by atoms with Gasteiger partial charge in [-0.3, -0.25) is 4.79 Å². The minimum Gasteiger partial charge on any atom is -0.344 e. The van der Waals surface area contributed by atoms with Gasteiger partial charge in [0.15, 0.2) is 0 Å². The van der Waals surface area contributed by atoms with Gasteiger partial charge in [0, 0.05) is 0 Å². The zero-order valence-corrected chi connectivity index (χ0v) is 11.4. The second-order valence-electron chi connectivity index (χ2n) is 4.58. The van der Waals surface area contributed by atoms with Gasteiger partial charge in [0.05, 0.1) is 10.9 Å². The summed E-state index contributed by atoms with van der Waals surface area (Å²) in [5.74, 6) is 0.365. The third-order valence-electron chi connectivity index (χ3n) is 2.86. The largest absolute Gasteiger partial charge is 0.344 e. The SMILES string of the molecule is CC(C)C(NC(=O)c1cccs1)c1ccccc1. The summed E-state index contributed by atoms with van der Waals surface area (Å²) < 4.78 is 0. The Bertz CT molecular complexity index is 490. The van der Waals surface area contributed by atoms with E-state index < -0.39 is 0 Å². The third kappa shape index (κ3) is 2.99. The number of hydrogen-bond acceptors (Lipinski definition) is 2. The molecule has 0 spiro atoms. The molecular weight excluding hydrogens is 242 g/mol. The van der Waals surface area contributed by atoms with Gasteiger partial charge in [-0.15, -0.1) is 11.3 Å². The smallest absolute Gasteiger partial charge is 0.261 e. The average Bonchev–Trinajstić information content (AvgIpc) is 2.90. The molecule has 0 saturated carbocycles. The lowest BCUT2D eigenvalue weighted by molar-refractivity contribution is 0.0930. The molecule has 1 aromatic heterocycles. The van der Waals surface area contributed by atoms with Gasteiger partial charge < -0.3 is 5.32 Å². The Morgan fingerprint density at radius 1 is 1.11 bits per heavy atom. The zero-order chi connectivity index (χ0) is 13.0. The summed E-state index contributed by atoms with van der Waals surface area (Å²) in [7, 11) is 0. The highest BCUT2D eigenvalue weighted by Crippen LogP contribution is 2.22. The Morgan fingerprint density at radius 2 is 1.83 bits per heavy atom. The molecule has 1 aromatic carbocycles. The molecule has 2 rings (SSSR count). The molecule has 2 aromatic rings. The fourth-order valence-electron chi connectivity index (χ4n) is 1.92. The van der Waals surface area contributed by atoms with Crippen molar-refractivity contribution in [2.24, 2.45) is 5.92 Å². The summed E-state index contributed by atoms with van der Waals surface area (Å²) in [4.78, 5) is 12.9. The molecule has 0 fully saturated rings. The van der Waals surface area contributed by atoms with Crippen molar-refractivity contribution in [3.63, 3.8) is 0 Å². The molecule has 1 amide bonds.